The molecule has 0 radical (unpaired) electrons. The minimum absolute atomic E-state index is 0.0301. The van der Waals surface area contributed by atoms with E-state index in [1.807, 2.05) is 0 Å². The summed E-state index contributed by atoms with van der Waals surface area (Å²) in [6.07, 6.45) is -3.03. The molecular weight excluding hydrogens is 409 g/mol. The Bertz CT molecular complexity index is 1110. The molecule has 0 aliphatic heterocycles. The largest absolute Gasteiger partial charge is 0.755 e. The lowest BCUT2D eigenvalue weighted by atomic mass is 10.1. The fourth-order valence-electron chi connectivity index (χ4n) is 2.73. The van der Waals surface area contributed by atoms with E-state index >= 15 is 0 Å². The molecule has 0 aliphatic carbocycles. The molecule has 0 amide bonds. The van der Waals surface area contributed by atoms with Crippen LogP contribution in [-0.4, -0.2) is 25.7 Å². The van der Waals surface area contributed by atoms with Crippen LogP contribution in [-0.2, 0) is 11.3 Å². The third-order valence-corrected chi connectivity index (χ3v) is 4.37. The number of nitrogens with one attached hydrogen (secondary N) is 1. The maximum atomic E-state index is 14.2. The highest BCUT2D eigenvalue weighted by Gasteiger charge is 2.26. The van der Waals surface area contributed by atoms with Crippen molar-refractivity contribution in [1.82, 2.24) is 9.78 Å². The number of nitriles is 1. The van der Waals surface area contributed by atoms with Crippen LogP contribution in [0.4, 0.5) is 18.9 Å². The fourth-order valence-corrected chi connectivity index (χ4v) is 3.06. The molecule has 1 N–H and O–H groups in total. The Morgan fingerprint density at radius 2 is 1.97 bits per heavy atom. The molecule has 1 heterocycles. The predicted octanol–water partition coefficient (Wildman–Crippen LogP) is 3.70. The maximum absolute atomic E-state index is 14.2. The minimum atomic E-state index is -3.03. The molecule has 0 fully saturated rings. The number of anilines is 1. The molecule has 0 bridgehead atoms. The van der Waals surface area contributed by atoms with Crippen molar-refractivity contribution in [3.63, 3.8) is 0 Å². The first-order valence-corrected chi connectivity index (χ1v) is 9.04. The number of halogens is 3. The Morgan fingerprint density at radius 3 is 2.48 bits per heavy atom. The van der Waals surface area contributed by atoms with Crippen molar-refractivity contribution in [2.24, 2.45) is 0 Å². The van der Waals surface area contributed by atoms with E-state index in [0.717, 1.165) is 10.7 Å². The lowest BCUT2D eigenvalue weighted by Crippen LogP contribution is -2.04. The van der Waals surface area contributed by atoms with Crippen LogP contribution in [0.1, 0.15) is 17.7 Å². The Kier molecular flexibility index (Phi) is 5.86. The van der Waals surface area contributed by atoms with Crippen LogP contribution in [0.2, 0.25) is 0 Å². The van der Waals surface area contributed by atoms with Crippen molar-refractivity contribution in [3.8, 4) is 28.8 Å². The van der Waals surface area contributed by atoms with E-state index in [4.69, 9.17) is 4.74 Å². The predicted molar refractivity (Wildman–Crippen MR) is 97.7 cm³/mol. The SMILES string of the molecule is COc1ccc(-c2c(C#N)c(C(F)F)nn2-c2ccc(NS(=O)[O-])cc2)cc1F. The Labute approximate surface area is 165 Å². The fraction of sp³-hybridized carbons (Fsp3) is 0.111. The molecule has 29 heavy (non-hydrogen) atoms. The Balaban J connectivity index is 2.20. The van der Waals surface area contributed by atoms with Crippen molar-refractivity contribution in [2.75, 3.05) is 11.8 Å². The van der Waals surface area contributed by atoms with Crippen LogP contribution in [0.5, 0.6) is 5.75 Å². The second-order valence-corrected chi connectivity index (χ2v) is 6.34. The molecule has 3 aromatic rings. The highest BCUT2D eigenvalue weighted by atomic mass is 32.2. The molecule has 150 valence electrons. The molecular formula is C18H12F3N4O3S-. The van der Waals surface area contributed by atoms with Gasteiger partial charge < -0.3 is 14.0 Å². The van der Waals surface area contributed by atoms with Gasteiger partial charge in [-0.15, -0.1) is 0 Å². The molecule has 1 aromatic heterocycles. The number of benzene rings is 2. The van der Waals surface area contributed by atoms with Crippen molar-refractivity contribution >= 4 is 17.0 Å². The molecule has 1 unspecified atom stereocenters. The quantitative estimate of drug-likeness (QED) is 0.612. The van der Waals surface area contributed by atoms with E-state index in [2.05, 4.69) is 9.82 Å². The average molecular weight is 421 g/mol. The van der Waals surface area contributed by atoms with Crippen molar-refractivity contribution in [3.05, 3.63) is 59.5 Å². The second kappa shape index (κ2) is 8.34. The highest BCUT2D eigenvalue weighted by molar-refractivity contribution is 7.80. The number of rotatable bonds is 6. The Morgan fingerprint density at radius 1 is 1.28 bits per heavy atom. The van der Waals surface area contributed by atoms with Crippen LogP contribution in [0, 0.1) is 17.1 Å². The number of nitrogens with zero attached hydrogens (tertiary/aromatic N) is 3. The summed E-state index contributed by atoms with van der Waals surface area (Å²) >= 11 is -2.53. The van der Waals surface area contributed by atoms with E-state index < -0.39 is 34.8 Å². The molecule has 2 aromatic carbocycles. The van der Waals surface area contributed by atoms with Crippen molar-refractivity contribution < 1.29 is 26.7 Å². The van der Waals surface area contributed by atoms with Crippen molar-refractivity contribution in [2.45, 2.75) is 6.43 Å². The number of hydrogen-bond donors (Lipinski definition) is 1. The van der Waals surface area contributed by atoms with Gasteiger partial charge in [0.25, 0.3) is 6.43 Å². The van der Waals surface area contributed by atoms with E-state index in [9.17, 15) is 27.2 Å². The van der Waals surface area contributed by atoms with Gasteiger partial charge in [0.1, 0.15) is 17.3 Å². The third-order valence-electron chi connectivity index (χ3n) is 3.97. The van der Waals surface area contributed by atoms with Gasteiger partial charge in [0.2, 0.25) is 0 Å². The summed E-state index contributed by atoms with van der Waals surface area (Å²) < 4.78 is 70.6. The smallest absolute Gasteiger partial charge is 0.283 e. The van der Waals surface area contributed by atoms with Gasteiger partial charge in [0.05, 0.1) is 18.5 Å². The Hall–Kier alpha value is -3.36. The number of methoxy groups -OCH3 is 1. The minimum Gasteiger partial charge on any atom is -0.755 e. The zero-order chi connectivity index (χ0) is 21.1. The molecule has 11 heteroatoms. The van der Waals surface area contributed by atoms with Gasteiger partial charge in [0, 0.05) is 22.5 Å². The molecule has 3 rings (SSSR count). The average Bonchev–Trinajstić information content (AvgIpc) is 3.08. The zero-order valence-electron chi connectivity index (χ0n) is 14.7. The highest BCUT2D eigenvalue weighted by Crippen LogP contribution is 2.35. The number of ether oxygens (including phenoxy) is 1. The van der Waals surface area contributed by atoms with Gasteiger partial charge in [-0.2, -0.15) is 10.4 Å². The summed E-state index contributed by atoms with van der Waals surface area (Å²) in [6, 6.07) is 11.1. The van der Waals surface area contributed by atoms with Gasteiger partial charge in [-0.25, -0.2) is 17.9 Å². The molecule has 0 aliphatic rings. The maximum Gasteiger partial charge on any atom is 0.283 e. The van der Waals surface area contributed by atoms with E-state index in [1.165, 1.54) is 43.5 Å². The second-order valence-electron chi connectivity index (χ2n) is 5.67. The molecule has 0 saturated heterocycles. The van der Waals surface area contributed by atoms with Crippen LogP contribution in [0.15, 0.2) is 42.5 Å². The van der Waals surface area contributed by atoms with Gasteiger partial charge in [0.15, 0.2) is 11.6 Å². The van der Waals surface area contributed by atoms with E-state index in [-0.39, 0.29) is 28.4 Å². The summed E-state index contributed by atoms with van der Waals surface area (Å²) in [5.74, 6) is -0.786. The van der Waals surface area contributed by atoms with Gasteiger partial charge in [-0.05, 0) is 42.5 Å². The van der Waals surface area contributed by atoms with Crippen LogP contribution < -0.4 is 9.46 Å². The van der Waals surface area contributed by atoms with Crippen molar-refractivity contribution in [1.29, 1.82) is 5.26 Å². The first-order valence-electron chi connectivity index (χ1n) is 7.97. The molecule has 7 nitrogen and oxygen atoms in total. The summed E-state index contributed by atoms with van der Waals surface area (Å²) in [6.45, 7) is 0. The summed E-state index contributed by atoms with van der Waals surface area (Å²) in [5, 5.41) is 13.3. The van der Waals surface area contributed by atoms with E-state index in [1.54, 1.807) is 6.07 Å². The topological polar surface area (TPSA) is 103 Å². The third kappa shape index (κ3) is 4.08. The van der Waals surface area contributed by atoms with Gasteiger partial charge in [-0.1, -0.05) is 0 Å². The normalized spacial score (nSPS) is 11.9. The first kappa shape index (κ1) is 20.4. The number of hydrogen-bond acceptors (Lipinski definition) is 5. The lowest BCUT2D eigenvalue weighted by Gasteiger charge is -2.12. The first-order chi connectivity index (χ1) is 13.8. The van der Waals surface area contributed by atoms with Gasteiger partial charge in [-0.3, -0.25) is 4.21 Å². The summed E-state index contributed by atoms with van der Waals surface area (Å²) in [5.41, 5.74) is -0.531. The molecule has 0 saturated carbocycles. The standard InChI is InChI=1S/C18H13F3N4O3S/c1-28-15-7-2-10(8-14(15)19)17-13(9-22)16(18(20)21)23-25(17)12-5-3-11(4-6-12)24-29(26)27/h2-8,18,24H,1H3,(H,26,27)/p-1. The zero-order valence-corrected chi connectivity index (χ0v) is 15.5. The van der Waals surface area contributed by atoms with E-state index in [0.29, 0.717) is 0 Å². The number of alkyl halides is 2. The molecule has 0 spiro atoms. The monoisotopic (exact) mass is 421 g/mol. The summed E-state index contributed by atoms with van der Waals surface area (Å²) in [4.78, 5) is 0. The summed E-state index contributed by atoms with van der Waals surface area (Å²) in [7, 11) is 1.28. The molecule has 1 atom stereocenters. The van der Waals surface area contributed by atoms with Crippen LogP contribution in [0.3, 0.4) is 0 Å². The lowest BCUT2D eigenvalue weighted by molar-refractivity contribution is 0.145. The van der Waals surface area contributed by atoms with Crippen LogP contribution >= 0.6 is 0 Å². The van der Waals surface area contributed by atoms with Gasteiger partial charge >= 0.3 is 0 Å². The number of aromatic nitrogens is 2. The van der Waals surface area contributed by atoms with Crippen LogP contribution in [0.25, 0.3) is 16.9 Å².